The summed E-state index contributed by atoms with van der Waals surface area (Å²) in [5.41, 5.74) is 1.02. The highest BCUT2D eigenvalue weighted by atomic mass is 16.5. The Morgan fingerprint density at radius 1 is 0.897 bits per heavy atom. The number of hydrogen-bond donors (Lipinski definition) is 0. The highest BCUT2D eigenvalue weighted by Crippen LogP contribution is 2.31. The van der Waals surface area contributed by atoms with Gasteiger partial charge in [0.05, 0.1) is 14.2 Å². The molecule has 2 aliphatic carbocycles. The van der Waals surface area contributed by atoms with Gasteiger partial charge in [0.25, 0.3) is 0 Å². The number of esters is 1. The van der Waals surface area contributed by atoms with E-state index < -0.39 is 0 Å². The third kappa shape index (κ3) is 6.18. The van der Waals surface area contributed by atoms with Crippen LogP contribution >= 0.6 is 0 Å². The van der Waals surface area contributed by atoms with Crippen LogP contribution in [0.5, 0.6) is 0 Å². The minimum Gasteiger partial charge on any atom is -0.489 e. The van der Waals surface area contributed by atoms with Crippen LogP contribution in [-0.2, 0) is 28.6 Å². The SMILES string of the molecule is COC1=C(OC)C(=O)C(CCCCCC[C@H]2CC[C@H](OC(C)=O)CC2)=C(C)C1=O. The average molecular weight is 407 g/mol. The molecule has 0 aliphatic heterocycles. The molecular formula is C23H34O6. The third-order valence-corrected chi connectivity index (χ3v) is 6.01. The van der Waals surface area contributed by atoms with E-state index in [2.05, 4.69) is 0 Å². The van der Waals surface area contributed by atoms with E-state index in [0.29, 0.717) is 17.6 Å². The van der Waals surface area contributed by atoms with Crippen molar-refractivity contribution in [1.29, 1.82) is 0 Å². The van der Waals surface area contributed by atoms with Crippen molar-refractivity contribution in [3.63, 3.8) is 0 Å². The van der Waals surface area contributed by atoms with E-state index >= 15 is 0 Å². The third-order valence-electron chi connectivity index (χ3n) is 6.01. The molecule has 0 unspecified atom stereocenters. The van der Waals surface area contributed by atoms with Crippen LogP contribution in [0.15, 0.2) is 22.7 Å². The number of unbranched alkanes of at least 4 members (excludes halogenated alkanes) is 3. The molecule has 6 heteroatoms. The molecule has 1 saturated carbocycles. The molecule has 0 aromatic carbocycles. The van der Waals surface area contributed by atoms with Gasteiger partial charge < -0.3 is 14.2 Å². The summed E-state index contributed by atoms with van der Waals surface area (Å²) < 4.78 is 15.5. The first-order valence-corrected chi connectivity index (χ1v) is 10.7. The molecule has 0 heterocycles. The molecule has 0 N–H and O–H groups in total. The number of hydrogen-bond acceptors (Lipinski definition) is 6. The van der Waals surface area contributed by atoms with Crippen LogP contribution in [0.4, 0.5) is 0 Å². The van der Waals surface area contributed by atoms with Gasteiger partial charge in [-0.1, -0.05) is 25.7 Å². The fourth-order valence-corrected chi connectivity index (χ4v) is 4.35. The first-order chi connectivity index (χ1) is 13.9. The van der Waals surface area contributed by atoms with E-state index in [1.165, 1.54) is 34.0 Å². The molecule has 2 rings (SSSR count). The smallest absolute Gasteiger partial charge is 0.302 e. The summed E-state index contributed by atoms with van der Waals surface area (Å²) in [6, 6.07) is 0. The first kappa shape index (κ1) is 23.2. The second kappa shape index (κ2) is 11.2. The van der Waals surface area contributed by atoms with Crippen LogP contribution in [0.25, 0.3) is 0 Å². The number of carbonyl (C=O) groups is 3. The summed E-state index contributed by atoms with van der Waals surface area (Å²) in [4.78, 5) is 36.0. The number of rotatable bonds is 10. The molecular weight excluding hydrogens is 372 g/mol. The molecule has 29 heavy (non-hydrogen) atoms. The summed E-state index contributed by atoms with van der Waals surface area (Å²) in [6.07, 6.45) is 10.3. The summed E-state index contributed by atoms with van der Waals surface area (Å²) in [6.45, 7) is 3.16. The highest BCUT2D eigenvalue weighted by Gasteiger charge is 2.34. The molecule has 0 spiro atoms. The van der Waals surface area contributed by atoms with Crippen molar-refractivity contribution in [2.45, 2.75) is 84.2 Å². The van der Waals surface area contributed by atoms with Crippen molar-refractivity contribution in [3.8, 4) is 0 Å². The number of allylic oxidation sites excluding steroid dienone is 2. The van der Waals surface area contributed by atoms with Gasteiger partial charge in [0.15, 0.2) is 0 Å². The zero-order chi connectivity index (χ0) is 21.4. The van der Waals surface area contributed by atoms with E-state index in [0.717, 1.165) is 50.9 Å². The Bertz CT molecular complexity index is 679. The second-order valence-electron chi connectivity index (χ2n) is 8.03. The van der Waals surface area contributed by atoms with Crippen molar-refractivity contribution < 1.29 is 28.6 Å². The van der Waals surface area contributed by atoms with Gasteiger partial charge in [-0.3, -0.25) is 14.4 Å². The number of ether oxygens (including phenoxy) is 3. The van der Waals surface area contributed by atoms with Gasteiger partial charge in [0, 0.05) is 18.1 Å². The molecule has 0 aromatic rings. The van der Waals surface area contributed by atoms with Crippen LogP contribution in [0.3, 0.4) is 0 Å². The predicted molar refractivity (Wildman–Crippen MR) is 109 cm³/mol. The molecule has 0 saturated heterocycles. The van der Waals surface area contributed by atoms with Crippen LogP contribution in [0.1, 0.15) is 78.1 Å². The van der Waals surface area contributed by atoms with E-state index in [1.54, 1.807) is 6.92 Å². The maximum absolute atomic E-state index is 12.6. The lowest BCUT2D eigenvalue weighted by atomic mass is 9.84. The Hall–Kier alpha value is -2.11. The molecule has 6 nitrogen and oxygen atoms in total. The highest BCUT2D eigenvalue weighted by molar-refractivity contribution is 6.23. The van der Waals surface area contributed by atoms with Crippen LogP contribution in [-0.4, -0.2) is 37.9 Å². The molecule has 2 aliphatic rings. The summed E-state index contributed by atoms with van der Waals surface area (Å²) in [7, 11) is 2.76. The van der Waals surface area contributed by atoms with Crippen molar-refractivity contribution >= 4 is 17.5 Å². The van der Waals surface area contributed by atoms with Crippen LogP contribution in [0, 0.1) is 5.92 Å². The van der Waals surface area contributed by atoms with Crippen molar-refractivity contribution in [1.82, 2.24) is 0 Å². The predicted octanol–water partition coefficient (Wildman–Crippen LogP) is 4.42. The zero-order valence-electron chi connectivity index (χ0n) is 18.2. The van der Waals surface area contributed by atoms with Gasteiger partial charge in [-0.15, -0.1) is 0 Å². The lowest BCUT2D eigenvalue weighted by Crippen LogP contribution is -2.25. The number of ketones is 2. The van der Waals surface area contributed by atoms with Gasteiger partial charge in [-0.2, -0.15) is 0 Å². The number of methoxy groups -OCH3 is 2. The normalized spacial score (nSPS) is 22.8. The fraction of sp³-hybridized carbons (Fsp3) is 0.696. The Balaban J connectivity index is 1.68. The van der Waals surface area contributed by atoms with E-state index in [4.69, 9.17) is 14.2 Å². The Labute approximate surface area is 173 Å². The molecule has 0 amide bonds. The monoisotopic (exact) mass is 406 g/mol. The molecule has 0 atom stereocenters. The minimum atomic E-state index is -0.261. The number of Topliss-reactive ketones (excluding diaryl/α,β-unsaturated/α-hetero) is 2. The Morgan fingerprint density at radius 3 is 2.07 bits per heavy atom. The number of carbonyl (C=O) groups excluding carboxylic acids is 3. The molecule has 0 aromatic heterocycles. The average Bonchev–Trinajstić information content (AvgIpc) is 2.70. The Morgan fingerprint density at radius 2 is 1.48 bits per heavy atom. The van der Waals surface area contributed by atoms with E-state index in [-0.39, 0.29) is 35.2 Å². The van der Waals surface area contributed by atoms with E-state index in [1.807, 2.05) is 0 Å². The van der Waals surface area contributed by atoms with Gasteiger partial charge in [-0.05, 0) is 51.4 Å². The summed E-state index contributed by atoms with van der Waals surface area (Å²) in [5, 5.41) is 0. The Kier molecular flexibility index (Phi) is 8.93. The van der Waals surface area contributed by atoms with Crippen molar-refractivity contribution in [2.75, 3.05) is 14.2 Å². The summed E-state index contributed by atoms with van der Waals surface area (Å²) >= 11 is 0. The lowest BCUT2D eigenvalue weighted by molar-refractivity contribution is -0.148. The lowest BCUT2D eigenvalue weighted by Gasteiger charge is -2.28. The van der Waals surface area contributed by atoms with Crippen molar-refractivity contribution in [2.24, 2.45) is 5.92 Å². The fourth-order valence-electron chi connectivity index (χ4n) is 4.35. The minimum absolute atomic E-state index is 0.00201. The summed E-state index contributed by atoms with van der Waals surface area (Å²) in [5.74, 6) is 0.0774. The van der Waals surface area contributed by atoms with Crippen molar-refractivity contribution in [3.05, 3.63) is 22.7 Å². The van der Waals surface area contributed by atoms with Crippen LogP contribution in [0.2, 0.25) is 0 Å². The molecule has 162 valence electrons. The van der Waals surface area contributed by atoms with Gasteiger partial charge in [0.2, 0.25) is 23.1 Å². The zero-order valence-corrected chi connectivity index (χ0v) is 18.2. The maximum Gasteiger partial charge on any atom is 0.302 e. The standard InChI is InChI=1S/C23H34O6/c1-15-19(21(26)23(28-4)22(27-3)20(15)25)10-8-6-5-7-9-17-11-13-18(14-12-17)29-16(2)24/h17-18H,5-14H2,1-4H3/t17-,18-. The van der Waals surface area contributed by atoms with E-state index in [9.17, 15) is 14.4 Å². The molecule has 0 bridgehead atoms. The van der Waals surface area contributed by atoms with Gasteiger partial charge in [0.1, 0.15) is 6.10 Å². The quantitative estimate of drug-likeness (QED) is 0.303. The maximum atomic E-state index is 12.6. The van der Waals surface area contributed by atoms with Gasteiger partial charge >= 0.3 is 5.97 Å². The molecule has 0 radical (unpaired) electrons. The second-order valence-corrected chi connectivity index (χ2v) is 8.03. The van der Waals surface area contributed by atoms with Crippen LogP contribution < -0.4 is 0 Å². The van der Waals surface area contributed by atoms with Gasteiger partial charge in [-0.25, -0.2) is 0 Å². The first-order valence-electron chi connectivity index (χ1n) is 10.7. The largest absolute Gasteiger partial charge is 0.489 e. The molecule has 1 fully saturated rings. The topological polar surface area (TPSA) is 78.9 Å².